The Labute approximate surface area is 311 Å². The number of esters is 1. The summed E-state index contributed by atoms with van der Waals surface area (Å²) in [6, 6.07) is 0. The standard InChI is InChI=1S/C42H77N3O4S/c1-2-3-4-5-6-7-8-9-10-11-15-18-35-50-36-34-48-41(47)24-32-44(30-19-31-45-33-28-43-38-45)29-17-14-12-13-16-20-40(46)49-37-42-25-21-39(22-26-42)23-27-42/h28,33,38-40,46H,2-27,29-32,34-37H2,1H3. The fourth-order valence-electron chi connectivity index (χ4n) is 8.01. The van der Waals surface area contributed by atoms with Crippen molar-refractivity contribution in [2.24, 2.45) is 11.3 Å². The van der Waals surface area contributed by atoms with Crippen molar-refractivity contribution in [3.63, 3.8) is 0 Å². The molecule has 0 aliphatic heterocycles. The van der Waals surface area contributed by atoms with Gasteiger partial charge in [-0.25, -0.2) is 4.98 Å². The van der Waals surface area contributed by atoms with Crippen LogP contribution in [0.2, 0.25) is 0 Å². The monoisotopic (exact) mass is 720 g/mol. The number of aliphatic hydroxyl groups is 1. The number of hydrogen-bond donors (Lipinski definition) is 1. The number of rotatable bonds is 34. The molecule has 50 heavy (non-hydrogen) atoms. The third-order valence-corrected chi connectivity index (χ3v) is 12.5. The van der Waals surface area contributed by atoms with Crippen molar-refractivity contribution in [2.45, 2.75) is 187 Å². The summed E-state index contributed by atoms with van der Waals surface area (Å²) in [6.07, 6.45) is 37.6. The van der Waals surface area contributed by atoms with Crippen LogP contribution in [-0.2, 0) is 20.8 Å². The summed E-state index contributed by atoms with van der Waals surface area (Å²) in [5.41, 5.74) is 0.363. The Hall–Kier alpha value is -1.09. The second-order valence-electron chi connectivity index (χ2n) is 15.8. The highest BCUT2D eigenvalue weighted by molar-refractivity contribution is 7.99. The fourth-order valence-corrected chi connectivity index (χ4v) is 8.82. The average molecular weight is 720 g/mol. The number of hydrogen-bond acceptors (Lipinski definition) is 7. The van der Waals surface area contributed by atoms with E-state index >= 15 is 0 Å². The highest BCUT2D eigenvalue weighted by Crippen LogP contribution is 2.50. The van der Waals surface area contributed by atoms with Crippen LogP contribution in [0, 0.1) is 11.3 Å². The average Bonchev–Trinajstić information content (AvgIpc) is 3.66. The first kappa shape index (κ1) is 43.3. The van der Waals surface area contributed by atoms with Crippen LogP contribution >= 0.6 is 11.8 Å². The lowest BCUT2D eigenvalue weighted by atomic mass is 9.61. The van der Waals surface area contributed by atoms with Crippen molar-refractivity contribution in [3.05, 3.63) is 18.7 Å². The Morgan fingerprint density at radius 1 is 0.840 bits per heavy atom. The predicted molar refractivity (Wildman–Crippen MR) is 211 cm³/mol. The van der Waals surface area contributed by atoms with E-state index in [0.717, 1.165) is 76.6 Å². The van der Waals surface area contributed by atoms with Crippen molar-refractivity contribution in [1.82, 2.24) is 14.5 Å². The summed E-state index contributed by atoms with van der Waals surface area (Å²) in [7, 11) is 0. The molecule has 0 aromatic carbocycles. The maximum Gasteiger partial charge on any atom is 0.307 e. The summed E-state index contributed by atoms with van der Waals surface area (Å²) in [6.45, 7) is 7.27. The van der Waals surface area contributed by atoms with Gasteiger partial charge in [0.15, 0.2) is 6.29 Å². The van der Waals surface area contributed by atoms with E-state index in [1.165, 1.54) is 134 Å². The molecule has 7 nitrogen and oxygen atoms in total. The minimum absolute atomic E-state index is 0.0629. The van der Waals surface area contributed by atoms with E-state index in [4.69, 9.17) is 9.47 Å². The summed E-state index contributed by atoms with van der Waals surface area (Å²) >= 11 is 1.93. The van der Waals surface area contributed by atoms with Gasteiger partial charge in [-0.05, 0) is 101 Å². The van der Waals surface area contributed by atoms with Gasteiger partial charge in [0.25, 0.3) is 0 Å². The first-order chi connectivity index (χ1) is 24.6. The lowest BCUT2D eigenvalue weighted by Crippen LogP contribution is -2.38. The second kappa shape index (κ2) is 28.4. The van der Waals surface area contributed by atoms with Crippen LogP contribution in [0.15, 0.2) is 18.7 Å². The predicted octanol–water partition coefficient (Wildman–Crippen LogP) is 10.6. The normalized spacial score (nSPS) is 19.4. The zero-order valence-electron chi connectivity index (χ0n) is 32.4. The first-order valence-corrected chi connectivity index (χ1v) is 22.5. The van der Waals surface area contributed by atoms with Crippen LogP contribution < -0.4 is 0 Å². The van der Waals surface area contributed by atoms with Gasteiger partial charge in [0.2, 0.25) is 0 Å². The van der Waals surface area contributed by atoms with Crippen LogP contribution in [0.1, 0.15) is 174 Å². The maximum absolute atomic E-state index is 12.5. The quantitative estimate of drug-likeness (QED) is 0.0432. The number of aliphatic hydroxyl groups excluding tert-OH is 1. The molecule has 0 saturated heterocycles. The molecule has 3 aliphatic rings. The highest BCUT2D eigenvalue weighted by Gasteiger charge is 2.40. The summed E-state index contributed by atoms with van der Waals surface area (Å²) in [5.74, 6) is 2.98. The lowest BCUT2D eigenvalue weighted by Gasteiger charge is -2.46. The van der Waals surface area contributed by atoms with Crippen molar-refractivity contribution < 1.29 is 19.4 Å². The number of carbonyl (C=O) groups is 1. The number of aromatic nitrogens is 2. The number of ether oxygens (including phenoxy) is 2. The molecular formula is C42H77N3O4S. The van der Waals surface area contributed by atoms with Crippen LogP contribution in [0.4, 0.5) is 0 Å². The molecule has 3 fully saturated rings. The molecule has 3 saturated carbocycles. The van der Waals surface area contributed by atoms with E-state index < -0.39 is 6.29 Å². The molecule has 1 N–H and O–H groups in total. The molecule has 4 rings (SSSR count). The van der Waals surface area contributed by atoms with Crippen molar-refractivity contribution in [3.8, 4) is 0 Å². The van der Waals surface area contributed by atoms with E-state index in [0.29, 0.717) is 18.4 Å². The Balaban J connectivity index is 1.15. The molecule has 1 heterocycles. The SMILES string of the molecule is CCCCCCCCCCCCCCSCCOC(=O)CCN(CCCCCCCC(O)OCC12CCC(CC1)CC2)CCCn1ccnc1. The van der Waals surface area contributed by atoms with E-state index in [1.807, 2.05) is 30.5 Å². The van der Waals surface area contributed by atoms with Crippen molar-refractivity contribution >= 4 is 17.7 Å². The van der Waals surface area contributed by atoms with E-state index in [2.05, 4.69) is 21.4 Å². The smallest absolute Gasteiger partial charge is 0.307 e. The number of aryl methyl sites for hydroxylation is 1. The third kappa shape index (κ3) is 20.8. The number of fused-ring (bicyclic) bond motifs is 3. The topological polar surface area (TPSA) is 76.8 Å². The van der Waals surface area contributed by atoms with Gasteiger partial charge in [-0.2, -0.15) is 11.8 Å². The molecule has 290 valence electrons. The van der Waals surface area contributed by atoms with Gasteiger partial charge in [0.1, 0.15) is 6.61 Å². The molecule has 1 unspecified atom stereocenters. The minimum atomic E-state index is -0.604. The van der Waals surface area contributed by atoms with Gasteiger partial charge >= 0.3 is 5.97 Å². The molecule has 0 spiro atoms. The van der Waals surface area contributed by atoms with Crippen LogP contribution in [0.25, 0.3) is 0 Å². The Morgan fingerprint density at radius 2 is 1.46 bits per heavy atom. The van der Waals surface area contributed by atoms with E-state index in [-0.39, 0.29) is 5.97 Å². The molecule has 1 atom stereocenters. The lowest BCUT2D eigenvalue weighted by molar-refractivity contribution is -0.145. The highest BCUT2D eigenvalue weighted by atomic mass is 32.2. The minimum Gasteiger partial charge on any atom is -0.465 e. The van der Waals surface area contributed by atoms with Gasteiger partial charge in [-0.1, -0.05) is 96.8 Å². The zero-order valence-corrected chi connectivity index (χ0v) is 33.2. The van der Waals surface area contributed by atoms with Crippen LogP contribution in [-0.4, -0.2) is 76.2 Å². The fraction of sp³-hybridized carbons (Fsp3) is 0.905. The van der Waals surface area contributed by atoms with Gasteiger partial charge in [0, 0.05) is 31.2 Å². The first-order valence-electron chi connectivity index (χ1n) is 21.3. The maximum atomic E-state index is 12.5. The molecule has 3 aliphatic carbocycles. The Kier molecular flexibility index (Phi) is 24.6. The summed E-state index contributed by atoms with van der Waals surface area (Å²) in [4.78, 5) is 19.1. The third-order valence-electron chi connectivity index (χ3n) is 11.5. The van der Waals surface area contributed by atoms with Gasteiger partial charge in [-0.3, -0.25) is 4.79 Å². The molecular weight excluding hydrogens is 643 g/mol. The van der Waals surface area contributed by atoms with Gasteiger partial charge in [-0.15, -0.1) is 0 Å². The van der Waals surface area contributed by atoms with Crippen molar-refractivity contribution in [1.29, 1.82) is 0 Å². The van der Waals surface area contributed by atoms with Crippen LogP contribution in [0.5, 0.6) is 0 Å². The van der Waals surface area contributed by atoms with E-state index in [1.54, 1.807) is 0 Å². The Morgan fingerprint density at radius 3 is 2.12 bits per heavy atom. The Bertz CT molecular complexity index is 910. The second-order valence-corrected chi connectivity index (χ2v) is 17.0. The molecule has 2 bridgehead atoms. The summed E-state index contributed by atoms with van der Waals surface area (Å²) < 4.78 is 13.7. The van der Waals surface area contributed by atoms with Gasteiger partial charge < -0.3 is 24.0 Å². The molecule has 1 aromatic rings. The molecule has 8 heteroatoms. The molecule has 0 radical (unpaired) electrons. The number of carbonyl (C=O) groups excluding carboxylic acids is 1. The largest absolute Gasteiger partial charge is 0.465 e. The van der Waals surface area contributed by atoms with Gasteiger partial charge in [0.05, 0.1) is 19.4 Å². The molecule has 0 amide bonds. The van der Waals surface area contributed by atoms with E-state index in [9.17, 15) is 9.90 Å². The number of unbranched alkanes of at least 4 members (excludes halogenated alkanes) is 15. The number of imidazole rings is 1. The molecule has 1 aromatic heterocycles. The number of thioether (sulfide) groups is 1. The number of nitrogens with zero attached hydrogens (tertiary/aromatic N) is 3. The van der Waals surface area contributed by atoms with Crippen molar-refractivity contribution in [2.75, 3.05) is 44.4 Å². The van der Waals surface area contributed by atoms with Crippen LogP contribution in [0.3, 0.4) is 0 Å². The zero-order chi connectivity index (χ0) is 35.4. The summed E-state index contributed by atoms with van der Waals surface area (Å²) in [5, 5.41) is 10.4.